The molecule has 4 heterocycles. The first kappa shape index (κ1) is 22.7. The minimum absolute atomic E-state index is 0.0952. The van der Waals surface area contributed by atoms with Crippen LogP contribution >= 0.6 is 0 Å². The van der Waals surface area contributed by atoms with Crippen molar-refractivity contribution in [2.24, 2.45) is 5.41 Å². The van der Waals surface area contributed by atoms with Gasteiger partial charge in [-0.2, -0.15) is 10.2 Å². The number of nitrogens with one attached hydrogen (secondary N) is 1. The molecule has 1 aliphatic rings. The van der Waals surface area contributed by atoms with E-state index in [1.165, 1.54) is 18.4 Å². The van der Waals surface area contributed by atoms with Crippen LogP contribution < -0.4 is 0 Å². The first-order valence-corrected chi connectivity index (χ1v) is 12.1. The lowest BCUT2D eigenvalue weighted by atomic mass is 9.87. The lowest BCUT2D eigenvalue weighted by Crippen LogP contribution is -2.38. The van der Waals surface area contributed by atoms with Gasteiger partial charge in [0, 0.05) is 37.0 Å². The Bertz CT molecular complexity index is 1260. The molecule has 0 unspecified atom stereocenters. The van der Waals surface area contributed by atoms with Gasteiger partial charge in [-0.1, -0.05) is 26.8 Å². The molecule has 1 saturated heterocycles. The van der Waals surface area contributed by atoms with Gasteiger partial charge < -0.3 is 10.0 Å². The fraction of sp³-hybridized carbons (Fsp3) is 0.462. The smallest absolute Gasteiger partial charge is 0.182 e. The zero-order chi connectivity index (χ0) is 23.7. The molecular formula is C26H33N7O. The zero-order valence-corrected chi connectivity index (χ0v) is 20.2. The molecule has 0 atom stereocenters. The quantitative estimate of drug-likeness (QED) is 0.453. The first-order valence-electron chi connectivity index (χ1n) is 12.1. The van der Waals surface area contributed by atoms with E-state index in [0.717, 1.165) is 41.8 Å². The van der Waals surface area contributed by atoms with Gasteiger partial charge in [-0.15, -0.1) is 0 Å². The summed E-state index contributed by atoms with van der Waals surface area (Å²) in [5.41, 5.74) is 4.41. The number of fused-ring (bicyclic) bond motifs is 1. The van der Waals surface area contributed by atoms with Gasteiger partial charge in [0.15, 0.2) is 11.6 Å². The van der Waals surface area contributed by atoms with Crippen molar-refractivity contribution in [2.75, 3.05) is 26.2 Å². The summed E-state index contributed by atoms with van der Waals surface area (Å²) in [5.74, 6) is 1.80. The first-order chi connectivity index (χ1) is 16.4. The van der Waals surface area contributed by atoms with Gasteiger partial charge in [-0.3, -0.25) is 5.10 Å². The number of rotatable bonds is 6. The Morgan fingerprint density at radius 2 is 1.97 bits per heavy atom. The largest absolute Gasteiger partial charge is 0.396 e. The molecular weight excluding hydrogens is 426 g/mol. The normalized spacial score (nSPS) is 15.9. The van der Waals surface area contributed by atoms with Crippen LogP contribution in [0.5, 0.6) is 0 Å². The highest BCUT2D eigenvalue weighted by molar-refractivity contribution is 5.91. The predicted octanol–water partition coefficient (Wildman–Crippen LogP) is 3.97. The molecule has 1 aromatic carbocycles. The Morgan fingerprint density at radius 1 is 1.15 bits per heavy atom. The van der Waals surface area contributed by atoms with E-state index in [1.807, 2.05) is 12.3 Å². The fourth-order valence-electron chi connectivity index (χ4n) is 4.89. The predicted molar refractivity (Wildman–Crippen MR) is 133 cm³/mol. The monoisotopic (exact) mass is 459 g/mol. The molecule has 2 N–H and O–H groups in total. The van der Waals surface area contributed by atoms with Crippen molar-refractivity contribution in [3.05, 3.63) is 54.0 Å². The summed E-state index contributed by atoms with van der Waals surface area (Å²) in [7, 11) is 0. The van der Waals surface area contributed by atoms with Gasteiger partial charge in [0.25, 0.3) is 0 Å². The number of H-pyrrole nitrogens is 1. The van der Waals surface area contributed by atoms with Crippen LogP contribution in [-0.4, -0.2) is 66.2 Å². The fourth-order valence-corrected chi connectivity index (χ4v) is 4.89. The number of hydrogen-bond donors (Lipinski definition) is 2. The standard InChI is InChI=1S/C26H33N7O/c1-26(2,3)17-32-11-7-19(8-12-32)20-4-5-22-21(14-20)24(31-30-22)25-27-10-6-23(29-25)33-16-18(9-13-34)15-28-33/h4-6,10,14-16,19,34H,7-9,11-13,17H2,1-3H3,(H,30,31). The van der Waals surface area contributed by atoms with Crippen LogP contribution in [0.15, 0.2) is 42.9 Å². The van der Waals surface area contributed by atoms with Gasteiger partial charge in [-0.05, 0) is 66.9 Å². The second-order valence-corrected chi connectivity index (χ2v) is 10.5. The van der Waals surface area contributed by atoms with Gasteiger partial charge in [0.1, 0.15) is 5.69 Å². The number of aliphatic hydroxyl groups excluding tert-OH is 1. The molecule has 0 bridgehead atoms. The maximum absolute atomic E-state index is 9.17. The number of hydrogen-bond acceptors (Lipinski definition) is 6. The van der Waals surface area contributed by atoms with Crippen molar-refractivity contribution < 1.29 is 5.11 Å². The summed E-state index contributed by atoms with van der Waals surface area (Å²) in [4.78, 5) is 11.8. The highest BCUT2D eigenvalue weighted by Crippen LogP contribution is 2.33. The van der Waals surface area contributed by atoms with Crippen LogP contribution in [-0.2, 0) is 6.42 Å². The number of aromatic nitrogens is 6. The summed E-state index contributed by atoms with van der Waals surface area (Å²) in [6, 6.07) is 8.45. The molecule has 0 spiro atoms. The third kappa shape index (κ3) is 4.88. The highest BCUT2D eigenvalue weighted by Gasteiger charge is 2.24. The highest BCUT2D eigenvalue weighted by atomic mass is 16.3. The van der Waals surface area contributed by atoms with E-state index < -0.39 is 0 Å². The lowest BCUT2D eigenvalue weighted by Gasteiger charge is -2.36. The average molecular weight is 460 g/mol. The number of aromatic amines is 1. The van der Waals surface area contributed by atoms with Crippen molar-refractivity contribution >= 4 is 10.9 Å². The Hall–Kier alpha value is -3.10. The number of likely N-dealkylation sites (tertiary alicyclic amines) is 1. The molecule has 0 radical (unpaired) electrons. The molecule has 0 amide bonds. The molecule has 34 heavy (non-hydrogen) atoms. The topological polar surface area (TPSA) is 95.8 Å². The van der Waals surface area contributed by atoms with Crippen molar-refractivity contribution in [1.82, 2.24) is 34.8 Å². The van der Waals surface area contributed by atoms with E-state index in [4.69, 9.17) is 10.1 Å². The number of aliphatic hydroxyl groups is 1. The summed E-state index contributed by atoms with van der Waals surface area (Å²) in [5, 5.41) is 22.3. The van der Waals surface area contributed by atoms with Gasteiger partial charge in [0.05, 0.1) is 11.7 Å². The SMILES string of the molecule is CC(C)(C)CN1CCC(c2ccc3[nH]nc(-c4nccc(-n5cc(CCO)cn5)n4)c3c2)CC1. The summed E-state index contributed by atoms with van der Waals surface area (Å²) in [6.45, 7) is 10.5. The number of benzene rings is 1. The van der Waals surface area contributed by atoms with Crippen LogP contribution in [0.2, 0.25) is 0 Å². The molecule has 5 rings (SSSR count). The second kappa shape index (κ2) is 9.27. The second-order valence-electron chi connectivity index (χ2n) is 10.5. The van der Waals surface area contributed by atoms with E-state index in [0.29, 0.717) is 29.4 Å². The van der Waals surface area contributed by atoms with Crippen molar-refractivity contribution in [3.63, 3.8) is 0 Å². The Labute approximate surface area is 200 Å². The Balaban J connectivity index is 1.39. The molecule has 3 aromatic heterocycles. The molecule has 0 saturated carbocycles. The molecule has 4 aromatic rings. The van der Waals surface area contributed by atoms with Crippen LogP contribution in [0.25, 0.3) is 28.2 Å². The minimum atomic E-state index is 0.0952. The van der Waals surface area contributed by atoms with Gasteiger partial charge in [-0.25, -0.2) is 14.6 Å². The van der Waals surface area contributed by atoms with Gasteiger partial charge >= 0.3 is 0 Å². The lowest BCUT2D eigenvalue weighted by molar-refractivity contribution is 0.154. The minimum Gasteiger partial charge on any atom is -0.396 e. The summed E-state index contributed by atoms with van der Waals surface area (Å²) < 4.78 is 1.71. The average Bonchev–Trinajstić information content (AvgIpc) is 3.46. The summed E-state index contributed by atoms with van der Waals surface area (Å²) >= 11 is 0. The van der Waals surface area contributed by atoms with E-state index in [1.54, 1.807) is 17.1 Å². The maximum Gasteiger partial charge on any atom is 0.182 e. The van der Waals surface area contributed by atoms with Crippen LogP contribution in [0.3, 0.4) is 0 Å². The van der Waals surface area contributed by atoms with Crippen molar-refractivity contribution in [1.29, 1.82) is 0 Å². The van der Waals surface area contributed by atoms with E-state index >= 15 is 0 Å². The van der Waals surface area contributed by atoms with Crippen LogP contribution in [0, 0.1) is 5.41 Å². The third-order valence-electron chi connectivity index (χ3n) is 6.47. The molecule has 1 aliphatic heterocycles. The Kier molecular flexibility index (Phi) is 6.18. The van der Waals surface area contributed by atoms with E-state index in [9.17, 15) is 0 Å². The molecule has 8 nitrogen and oxygen atoms in total. The summed E-state index contributed by atoms with van der Waals surface area (Å²) in [6.07, 6.45) is 8.29. The van der Waals surface area contributed by atoms with Crippen LogP contribution in [0.1, 0.15) is 50.7 Å². The van der Waals surface area contributed by atoms with Crippen molar-refractivity contribution in [3.8, 4) is 17.3 Å². The van der Waals surface area contributed by atoms with E-state index in [2.05, 4.69) is 64.2 Å². The van der Waals surface area contributed by atoms with E-state index in [-0.39, 0.29) is 6.61 Å². The molecule has 0 aliphatic carbocycles. The number of piperidine rings is 1. The van der Waals surface area contributed by atoms with Gasteiger partial charge in [0.2, 0.25) is 0 Å². The van der Waals surface area contributed by atoms with Crippen LogP contribution in [0.4, 0.5) is 0 Å². The molecule has 1 fully saturated rings. The third-order valence-corrected chi connectivity index (χ3v) is 6.47. The molecule has 178 valence electrons. The number of nitrogens with zero attached hydrogens (tertiary/aromatic N) is 6. The molecule has 8 heteroatoms. The zero-order valence-electron chi connectivity index (χ0n) is 20.2. The van der Waals surface area contributed by atoms with Crippen molar-refractivity contribution in [2.45, 2.75) is 46.0 Å². The Morgan fingerprint density at radius 3 is 2.74 bits per heavy atom. The maximum atomic E-state index is 9.17.